The lowest BCUT2D eigenvalue weighted by molar-refractivity contribution is -0.0602. The van der Waals surface area contributed by atoms with Crippen molar-refractivity contribution < 1.29 is 37.8 Å². The summed E-state index contributed by atoms with van der Waals surface area (Å²) in [5.74, 6) is 0.173. The molecule has 0 amide bonds. The molecule has 0 saturated carbocycles. The fourth-order valence-corrected chi connectivity index (χ4v) is 4.77. The number of phosphoric acid groups is 1. The van der Waals surface area contributed by atoms with Gasteiger partial charge in [-0.2, -0.15) is 9.97 Å². The minimum absolute atomic E-state index is 0.0652. The van der Waals surface area contributed by atoms with Gasteiger partial charge >= 0.3 is 7.82 Å². The normalized spacial score (nSPS) is 26.6. The van der Waals surface area contributed by atoms with Crippen molar-refractivity contribution >= 4 is 30.6 Å². The van der Waals surface area contributed by atoms with Crippen LogP contribution >= 0.6 is 19.4 Å². The molecular weight excluding hydrogens is 455 g/mol. The zero-order valence-electron chi connectivity index (χ0n) is 17.6. The second-order valence-corrected chi connectivity index (χ2v) is 9.05. The number of methoxy groups -OCH3 is 1. The van der Waals surface area contributed by atoms with Gasteiger partial charge in [0.1, 0.15) is 12.3 Å². The number of hydrogen-bond donors (Lipinski definition) is 2. The molecule has 0 spiro atoms. The summed E-state index contributed by atoms with van der Waals surface area (Å²) < 4.78 is 40.9. The number of ether oxygens (including phenoxy) is 2. The standard InChI is InChI=1S/C17H26ClN4O8P/c1-5-27-31(25,28-6-2)29-7-10-12(24)17(3,8-23)15(30-10)22-9-19-11-13(22)20-16(18)21-14(11)26-4/h9-10,12,15,23-24H,5-8H2,1-4H3/t10-,12-,15-,17-/m1/s1. The number of rotatable bonds is 10. The molecule has 31 heavy (non-hydrogen) atoms. The number of nitrogens with zero attached hydrogens (tertiary/aromatic N) is 4. The zero-order valence-corrected chi connectivity index (χ0v) is 19.2. The van der Waals surface area contributed by atoms with E-state index in [9.17, 15) is 14.8 Å². The van der Waals surface area contributed by atoms with Crippen LogP contribution in [0.4, 0.5) is 0 Å². The van der Waals surface area contributed by atoms with Crippen LogP contribution in [0.1, 0.15) is 27.0 Å². The average molecular weight is 481 g/mol. The number of aliphatic hydroxyl groups is 2. The van der Waals surface area contributed by atoms with Crippen molar-refractivity contribution in [2.24, 2.45) is 5.41 Å². The Balaban J connectivity index is 1.91. The van der Waals surface area contributed by atoms with E-state index >= 15 is 0 Å². The lowest BCUT2D eigenvalue weighted by Crippen LogP contribution is -2.41. The highest BCUT2D eigenvalue weighted by Gasteiger charge is 2.54. The lowest BCUT2D eigenvalue weighted by atomic mass is 9.83. The summed E-state index contributed by atoms with van der Waals surface area (Å²) in [4.78, 5) is 12.4. The van der Waals surface area contributed by atoms with Gasteiger partial charge in [0.25, 0.3) is 0 Å². The summed E-state index contributed by atoms with van der Waals surface area (Å²) in [6, 6.07) is 0. The number of aromatic nitrogens is 4. The quantitative estimate of drug-likeness (QED) is 0.379. The molecule has 0 unspecified atom stereocenters. The van der Waals surface area contributed by atoms with E-state index in [-0.39, 0.29) is 31.0 Å². The van der Waals surface area contributed by atoms with Gasteiger partial charge in [0.05, 0.1) is 51.4 Å². The molecular formula is C17H26ClN4O8P. The molecule has 174 valence electrons. The van der Waals surface area contributed by atoms with Gasteiger partial charge in [-0.1, -0.05) is 6.92 Å². The average Bonchev–Trinajstić information content (AvgIpc) is 3.26. The van der Waals surface area contributed by atoms with E-state index in [0.29, 0.717) is 11.2 Å². The maximum atomic E-state index is 12.6. The summed E-state index contributed by atoms with van der Waals surface area (Å²) in [7, 11) is -2.39. The first kappa shape index (κ1) is 24.3. The van der Waals surface area contributed by atoms with Crippen LogP contribution < -0.4 is 4.74 Å². The molecule has 0 radical (unpaired) electrons. The fourth-order valence-electron chi connectivity index (χ4n) is 3.42. The van der Waals surface area contributed by atoms with E-state index in [1.807, 2.05) is 0 Å². The third-order valence-electron chi connectivity index (χ3n) is 5.02. The molecule has 1 aliphatic heterocycles. The molecule has 1 fully saturated rings. The number of aliphatic hydroxyl groups excluding tert-OH is 2. The third kappa shape index (κ3) is 4.57. The van der Waals surface area contributed by atoms with Crippen LogP contribution in [0.5, 0.6) is 5.88 Å². The molecule has 2 aromatic rings. The maximum Gasteiger partial charge on any atom is 0.474 e. The Hall–Kier alpha value is -1.37. The van der Waals surface area contributed by atoms with Gasteiger partial charge in [-0.3, -0.25) is 18.1 Å². The Kier molecular flexibility index (Phi) is 7.54. The summed E-state index contributed by atoms with van der Waals surface area (Å²) in [6.45, 7) is 4.45. The molecule has 2 N–H and O–H groups in total. The van der Waals surface area contributed by atoms with E-state index in [2.05, 4.69) is 15.0 Å². The highest BCUT2D eigenvalue weighted by molar-refractivity contribution is 7.48. The predicted octanol–water partition coefficient (Wildman–Crippen LogP) is 1.94. The van der Waals surface area contributed by atoms with Gasteiger partial charge in [-0.05, 0) is 25.4 Å². The van der Waals surface area contributed by atoms with Crippen LogP contribution in [-0.2, 0) is 22.9 Å². The van der Waals surface area contributed by atoms with Gasteiger partial charge < -0.3 is 19.7 Å². The molecule has 1 saturated heterocycles. The second-order valence-electron chi connectivity index (χ2n) is 7.04. The van der Waals surface area contributed by atoms with E-state index in [0.717, 1.165) is 0 Å². The molecule has 1 aliphatic rings. The number of fused-ring (bicyclic) bond motifs is 1. The molecule has 3 rings (SSSR count). The van der Waals surface area contributed by atoms with Crippen molar-refractivity contribution in [3.8, 4) is 5.88 Å². The van der Waals surface area contributed by atoms with Crippen molar-refractivity contribution in [3.63, 3.8) is 0 Å². The van der Waals surface area contributed by atoms with Crippen LogP contribution in [0.3, 0.4) is 0 Å². The molecule has 12 nitrogen and oxygen atoms in total. The van der Waals surface area contributed by atoms with E-state index < -0.39 is 38.3 Å². The first-order chi connectivity index (χ1) is 14.7. The van der Waals surface area contributed by atoms with Crippen molar-refractivity contribution in [1.82, 2.24) is 19.5 Å². The summed E-state index contributed by atoms with van der Waals surface area (Å²) in [5.41, 5.74) is -0.542. The summed E-state index contributed by atoms with van der Waals surface area (Å²) in [5, 5.41) is 20.9. The van der Waals surface area contributed by atoms with E-state index in [4.69, 9.17) is 34.6 Å². The van der Waals surface area contributed by atoms with E-state index in [1.165, 1.54) is 18.0 Å². The molecule has 0 aromatic carbocycles. The van der Waals surface area contributed by atoms with Gasteiger partial charge in [0.15, 0.2) is 11.2 Å². The molecule has 0 bridgehead atoms. The second kappa shape index (κ2) is 9.63. The Morgan fingerprint density at radius 2 is 1.97 bits per heavy atom. The van der Waals surface area contributed by atoms with Crippen LogP contribution in [0.15, 0.2) is 6.33 Å². The molecule has 2 aromatic heterocycles. The Labute approximate surface area is 184 Å². The molecule has 14 heteroatoms. The first-order valence-corrected chi connectivity index (χ1v) is 11.5. The largest absolute Gasteiger partial charge is 0.479 e. The van der Waals surface area contributed by atoms with Crippen LogP contribution in [0.25, 0.3) is 11.2 Å². The van der Waals surface area contributed by atoms with Gasteiger partial charge in [0, 0.05) is 0 Å². The summed E-state index contributed by atoms with van der Waals surface area (Å²) in [6.07, 6.45) is -1.61. The molecule has 0 aliphatic carbocycles. The highest BCUT2D eigenvalue weighted by Crippen LogP contribution is 2.51. The Bertz CT molecular complexity index is 952. The van der Waals surface area contributed by atoms with Crippen molar-refractivity contribution in [1.29, 1.82) is 0 Å². The lowest BCUT2D eigenvalue weighted by Gasteiger charge is -2.31. The van der Waals surface area contributed by atoms with Gasteiger partial charge in [-0.15, -0.1) is 0 Å². The van der Waals surface area contributed by atoms with E-state index in [1.54, 1.807) is 20.8 Å². The number of halogens is 1. The number of imidazole rings is 1. The Morgan fingerprint density at radius 1 is 1.29 bits per heavy atom. The highest BCUT2D eigenvalue weighted by atomic mass is 35.5. The van der Waals surface area contributed by atoms with Crippen molar-refractivity contribution in [3.05, 3.63) is 11.6 Å². The van der Waals surface area contributed by atoms with Gasteiger partial charge in [-0.25, -0.2) is 9.55 Å². The Morgan fingerprint density at radius 3 is 2.55 bits per heavy atom. The monoisotopic (exact) mass is 480 g/mol. The number of hydrogen-bond acceptors (Lipinski definition) is 11. The SMILES string of the molecule is CCOP(=O)(OCC)OC[C@H]1O[C@@H](n2cnc3c(OC)nc(Cl)nc32)[C@](C)(CO)[C@@H]1O. The van der Waals surface area contributed by atoms with Crippen LogP contribution in [0.2, 0.25) is 5.28 Å². The topological polar surface area (TPSA) is 147 Å². The van der Waals surface area contributed by atoms with Gasteiger partial charge in [0.2, 0.25) is 11.2 Å². The van der Waals surface area contributed by atoms with Crippen molar-refractivity contribution in [2.45, 2.75) is 39.2 Å². The minimum atomic E-state index is -3.81. The maximum absolute atomic E-state index is 12.6. The zero-order chi connectivity index (χ0) is 22.8. The predicted molar refractivity (Wildman–Crippen MR) is 109 cm³/mol. The molecule has 3 heterocycles. The van der Waals surface area contributed by atoms with Crippen molar-refractivity contribution in [2.75, 3.05) is 33.5 Å². The van der Waals surface area contributed by atoms with Crippen LogP contribution in [-0.4, -0.2) is 75.5 Å². The smallest absolute Gasteiger partial charge is 0.474 e. The molecule has 4 atom stereocenters. The third-order valence-corrected chi connectivity index (χ3v) is 6.80. The van der Waals surface area contributed by atoms with Crippen LogP contribution in [0, 0.1) is 5.41 Å². The fraction of sp³-hybridized carbons (Fsp3) is 0.706. The summed E-state index contributed by atoms with van der Waals surface area (Å²) >= 11 is 6.00. The minimum Gasteiger partial charge on any atom is -0.479 e. The first-order valence-electron chi connectivity index (χ1n) is 9.65. The number of phosphoric ester groups is 1.